The largest absolute Gasteiger partial charge is 0.416 e. The number of carbonyl (C=O) groups is 1. The molecule has 0 saturated heterocycles. The first kappa shape index (κ1) is 29.8. The molecule has 9 nitrogen and oxygen atoms in total. The summed E-state index contributed by atoms with van der Waals surface area (Å²) in [6, 6.07) is 14.9. The number of urea groups is 1. The zero-order chi connectivity index (χ0) is 30.6. The highest BCUT2D eigenvalue weighted by Gasteiger charge is 2.31. The molecule has 1 aliphatic rings. The van der Waals surface area contributed by atoms with Crippen molar-refractivity contribution in [3.8, 4) is 11.1 Å². The van der Waals surface area contributed by atoms with Crippen molar-refractivity contribution in [2.24, 2.45) is 0 Å². The number of rotatable bonds is 4. The van der Waals surface area contributed by atoms with Crippen LogP contribution in [0.1, 0.15) is 24.0 Å². The van der Waals surface area contributed by atoms with E-state index in [0.717, 1.165) is 5.56 Å². The number of nitrogens with one attached hydrogen (secondary N) is 5. The van der Waals surface area contributed by atoms with Crippen molar-refractivity contribution in [1.82, 2.24) is 15.3 Å². The quantitative estimate of drug-likeness (QED) is 0.158. The van der Waals surface area contributed by atoms with Crippen LogP contribution in [0.2, 0.25) is 0 Å². The monoisotopic (exact) mass is 613 g/mol. The molecule has 0 fully saturated rings. The van der Waals surface area contributed by atoms with Crippen molar-refractivity contribution in [3.63, 3.8) is 0 Å². The van der Waals surface area contributed by atoms with Crippen LogP contribution in [-0.2, 0) is 22.5 Å². The molecule has 14 heteroatoms. The lowest BCUT2D eigenvalue weighted by atomic mass is 10.0. The molecule has 1 aromatic heterocycles. The minimum Gasteiger partial charge on any atom is -0.369 e. The number of nitrogens with zero attached hydrogens (tertiary/aromatic N) is 2. The lowest BCUT2D eigenvalue weighted by molar-refractivity contribution is -0.137. The highest BCUT2D eigenvalue weighted by atomic mass is 32.2. The Labute approximate surface area is 245 Å². The predicted molar refractivity (Wildman–Crippen MR) is 156 cm³/mol. The van der Waals surface area contributed by atoms with Gasteiger partial charge in [0.2, 0.25) is 5.95 Å². The predicted octanol–water partition coefficient (Wildman–Crippen LogP) is 6.98. The number of fused-ring (bicyclic) bond motifs is 4. The zero-order valence-electron chi connectivity index (χ0n) is 22.6. The van der Waals surface area contributed by atoms with E-state index in [1.165, 1.54) is 0 Å². The molecule has 0 spiro atoms. The van der Waals surface area contributed by atoms with E-state index < -0.39 is 39.0 Å². The number of benzene rings is 3. The Kier molecular flexibility index (Phi) is 8.48. The Morgan fingerprint density at radius 3 is 2.67 bits per heavy atom. The molecule has 1 aliphatic heterocycles. The van der Waals surface area contributed by atoms with Crippen molar-refractivity contribution in [2.75, 3.05) is 28.2 Å². The highest BCUT2D eigenvalue weighted by Crippen LogP contribution is 2.32. The van der Waals surface area contributed by atoms with Crippen LogP contribution in [-0.4, -0.2) is 32.5 Å². The maximum atomic E-state index is 14.0. The van der Waals surface area contributed by atoms with Gasteiger partial charge < -0.3 is 21.3 Å². The van der Waals surface area contributed by atoms with Gasteiger partial charge in [-0.25, -0.2) is 23.2 Å². The molecular formula is C29H27F4N7O2S. The van der Waals surface area contributed by atoms with Crippen LogP contribution in [0.4, 0.5) is 45.5 Å². The minimum atomic E-state index is -4.68. The van der Waals surface area contributed by atoms with Crippen LogP contribution in [0.3, 0.4) is 0 Å². The second kappa shape index (κ2) is 12.3. The summed E-state index contributed by atoms with van der Waals surface area (Å²) in [7, 11) is -2.94. The number of hydrogen-bond donors (Lipinski definition) is 5. The van der Waals surface area contributed by atoms with E-state index in [4.69, 9.17) is 4.78 Å². The second-order valence-corrected chi connectivity index (χ2v) is 12.1. The lowest BCUT2D eigenvalue weighted by Crippen LogP contribution is -2.28. The summed E-state index contributed by atoms with van der Waals surface area (Å²) in [4.78, 5) is 21.9. The molecule has 3 aromatic carbocycles. The number of alkyl halides is 3. The summed E-state index contributed by atoms with van der Waals surface area (Å²) in [5.74, 6) is 0.0839. The number of aromatic nitrogens is 2. The average molecular weight is 614 g/mol. The third kappa shape index (κ3) is 7.38. The van der Waals surface area contributed by atoms with E-state index >= 15 is 0 Å². The van der Waals surface area contributed by atoms with Gasteiger partial charge in [-0.05, 0) is 66.4 Å². The van der Waals surface area contributed by atoms with E-state index in [1.807, 2.05) is 6.07 Å². The smallest absolute Gasteiger partial charge is 0.369 e. The summed E-state index contributed by atoms with van der Waals surface area (Å²) in [6.45, 7) is 0.524. The molecule has 0 radical (unpaired) electrons. The maximum Gasteiger partial charge on any atom is 0.416 e. The van der Waals surface area contributed by atoms with Gasteiger partial charge in [0.25, 0.3) is 0 Å². The first-order valence-corrected chi connectivity index (χ1v) is 15.0. The second-order valence-electron chi connectivity index (χ2n) is 9.82. The molecular weight excluding hydrogens is 586 g/mol. The number of hydrogen-bond acceptors (Lipinski definition) is 7. The van der Waals surface area contributed by atoms with Crippen LogP contribution < -0.4 is 21.3 Å². The third-order valence-corrected chi connectivity index (χ3v) is 8.52. The molecule has 4 bridgehead atoms. The van der Waals surface area contributed by atoms with Gasteiger partial charge in [-0.3, -0.25) is 0 Å². The van der Waals surface area contributed by atoms with Crippen LogP contribution in [0.15, 0.2) is 77.8 Å². The average Bonchev–Trinajstić information content (AvgIpc) is 2.97. The fourth-order valence-corrected chi connectivity index (χ4v) is 5.91. The molecule has 1 unspecified atom stereocenters. The van der Waals surface area contributed by atoms with Crippen molar-refractivity contribution in [1.29, 1.82) is 4.78 Å². The number of amides is 2. The topological polar surface area (TPSA) is 132 Å². The van der Waals surface area contributed by atoms with Gasteiger partial charge in [0.1, 0.15) is 11.6 Å². The van der Waals surface area contributed by atoms with E-state index in [-0.39, 0.29) is 12.3 Å². The molecule has 0 aliphatic carbocycles. The van der Waals surface area contributed by atoms with Crippen molar-refractivity contribution < 1.29 is 26.6 Å². The molecule has 5 N–H and O–H groups in total. The molecule has 224 valence electrons. The van der Waals surface area contributed by atoms with Gasteiger partial charge in [-0.2, -0.15) is 18.2 Å². The SMILES string of the molecule is N=S1(=O)CCCCNc2nc(ncc2-c2cccc(CNC(=O)Nc3cc(C(F)(F)F)ccc3F)c2)Nc2cccc1c2. The Balaban J connectivity index is 1.32. The lowest BCUT2D eigenvalue weighted by Gasteiger charge is -2.14. The van der Waals surface area contributed by atoms with E-state index in [2.05, 4.69) is 31.2 Å². The Morgan fingerprint density at radius 2 is 1.86 bits per heavy atom. The number of halogens is 4. The first-order valence-electron chi connectivity index (χ1n) is 13.2. The normalized spacial score (nSPS) is 16.8. The van der Waals surface area contributed by atoms with Crippen LogP contribution in [0, 0.1) is 10.6 Å². The molecule has 0 saturated carbocycles. The Bertz CT molecular complexity index is 1760. The summed E-state index contributed by atoms with van der Waals surface area (Å²) < 4.78 is 74.2. The van der Waals surface area contributed by atoms with Gasteiger partial charge in [-0.1, -0.05) is 24.3 Å². The fraction of sp³-hybridized carbons (Fsp3) is 0.207. The molecule has 1 atom stereocenters. The van der Waals surface area contributed by atoms with Crippen LogP contribution in [0.25, 0.3) is 11.1 Å². The van der Waals surface area contributed by atoms with E-state index in [0.29, 0.717) is 71.1 Å². The maximum absolute atomic E-state index is 14.0. The van der Waals surface area contributed by atoms with Gasteiger partial charge in [0, 0.05) is 41.2 Å². The van der Waals surface area contributed by atoms with Gasteiger partial charge in [0.15, 0.2) is 0 Å². The fourth-order valence-electron chi connectivity index (χ4n) is 4.45. The van der Waals surface area contributed by atoms with Crippen molar-refractivity contribution in [3.05, 3.63) is 89.9 Å². The Morgan fingerprint density at radius 1 is 1.05 bits per heavy atom. The van der Waals surface area contributed by atoms with Crippen LogP contribution in [0.5, 0.6) is 0 Å². The molecule has 5 rings (SSSR count). The van der Waals surface area contributed by atoms with Crippen molar-refractivity contribution >= 4 is 38.9 Å². The van der Waals surface area contributed by atoms with Gasteiger partial charge in [-0.15, -0.1) is 0 Å². The Hall–Kier alpha value is -4.72. The molecule has 2 heterocycles. The first-order chi connectivity index (χ1) is 20.5. The number of carbonyl (C=O) groups excluding carboxylic acids is 1. The minimum absolute atomic E-state index is 0.00621. The third-order valence-electron chi connectivity index (χ3n) is 6.64. The van der Waals surface area contributed by atoms with E-state index in [1.54, 1.807) is 48.7 Å². The van der Waals surface area contributed by atoms with Crippen LogP contribution >= 0.6 is 0 Å². The van der Waals surface area contributed by atoms with E-state index in [9.17, 15) is 26.6 Å². The van der Waals surface area contributed by atoms with Gasteiger partial charge >= 0.3 is 12.2 Å². The summed E-state index contributed by atoms with van der Waals surface area (Å²) in [5.41, 5.74) is 1.01. The standard InChI is InChI=1S/C29H27F4N7O2S/c30-24-10-9-20(29(31,32)33)14-25(24)39-28(41)37-16-18-5-3-6-19(13-18)23-17-36-27-38-21-7-4-8-22(15-21)43(34,42)12-2-1-11-35-26(23)40-27/h3-10,13-15,17,34H,1-2,11-12,16H2,(H2,37,39,41)(H2,35,36,38,40). The number of anilines is 4. The summed E-state index contributed by atoms with van der Waals surface area (Å²) in [5, 5.41) is 11.1. The van der Waals surface area contributed by atoms with Crippen molar-refractivity contribution in [2.45, 2.75) is 30.5 Å². The summed E-state index contributed by atoms with van der Waals surface area (Å²) >= 11 is 0. The highest BCUT2D eigenvalue weighted by molar-refractivity contribution is 7.92. The molecule has 43 heavy (non-hydrogen) atoms. The zero-order valence-corrected chi connectivity index (χ0v) is 23.4. The molecule has 4 aromatic rings. The van der Waals surface area contributed by atoms with Gasteiger partial charge in [0.05, 0.1) is 21.0 Å². The summed E-state index contributed by atoms with van der Waals surface area (Å²) in [6.07, 6.45) is -1.80. The molecule has 2 amide bonds.